The zero-order valence-electron chi connectivity index (χ0n) is 11.1. The topological polar surface area (TPSA) is 43.6 Å². The lowest BCUT2D eigenvalue weighted by atomic mass is 10.2. The number of hydrogen-bond donors (Lipinski definition) is 0. The summed E-state index contributed by atoms with van der Waals surface area (Å²) >= 11 is 1.69. The monoisotopic (exact) mass is 282 g/mol. The first-order valence-corrected chi connectivity index (χ1v) is 7.32. The minimum absolute atomic E-state index is 0.795. The summed E-state index contributed by atoms with van der Waals surface area (Å²) in [6, 6.07) is 14.3. The third-order valence-electron chi connectivity index (χ3n) is 2.93. The Balaban J connectivity index is 1.69. The molecule has 0 atom stereocenters. The first-order valence-electron chi connectivity index (χ1n) is 6.34. The number of benzene rings is 1. The van der Waals surface area contributed by atoms with E-state index in [4.69, 9.17) is 0 Å². The van der Waals surface area contributed by atoms with Crippen LogP contribution in [0, 0.1) is 6.92 Å². The van der Waals surface area contributed by atoms with Crippen LogP contribution >= 0.6 is 11.8 Å². The van der Waals surface area contributed by atoms with Gasteiger partial charge >= 0.3 is 0 Å². The van der Waals surface area contributed by atoms with E-state index in [1.54, 1.807) is 18.0 Å². The molecular weight excluding hydrogens is 268 g/mol. The van der Waals surface area contributed by atoms with Crippen molar-refractivity contribution in [3.8, 4) is 5.82 Å². The molecule has 5 heteroatoms. The first kappa shape index (κ1) is 12.9. The molecule has 2 heterocycles. The van der Waals surface area contributed by atoms with Gasteiger partial charge in [0.25, 0.3) is 0 Å². The molecule has 100 valence electrons. The highest BCUT2D eigenvalue weighted by atomic mass is 32.2. The normalized spacial score (nSPS) is 10.7. The van der Waals surface area contributed by atoms with E-state index in [0.717, 1.165) is 22.4 Å². The van der Waals surface area contributed by atoms with Gasteiger partial charge in [-0.15, -0.1) is 10.2 Å². The second-order valence-electron chi connectivity index (χ2n) is 4.35. The van der Waals surface area contributed by atoms with Crippen LogP contribution in [0.1, 0.15) is 11.4 Å². The van der Waals surface area contributed by atoms with E-state index < -0.39 is 0 Å². The Kier molecular flexibility index (Phi) is 3.78. The fourth-order valence-electron chi connectivity index (χ4n) is 1.87. The van der Waals surface area contributed by atoms with Gasteiger partial charge in [0.15, 0.2) is 5.82 Å². The van der Waals surface area contributed by atoms with E-state index in [9.17, 15) is 0 Å². The number of imidazole rings is 1. The zero-order valence-corrected chi connectivity index (χ0v) is 11.9. The third kappa shape index (κ3) is 2.88. The van der Waals surface area contributed by atoms with E-state index in [1.165, 1.54) is 5.56 Å². The smallest absolute Gasteiger partial charge is 0.160 e. The van der Waals surface area contributed by atoms with E-state index in [0.29, 0.717) is 0 Å². The van der Waals surface area contributed by atoms with Crippen molar-refractivity contribution in [2.45, 2.75) is 17.7 Å². The minimum Gasteiger partial charge on any atom is -0.287 e. The summed E-state index contributed by atoms with van der Waals surface area (Å²) in [4.78, 5) is 4.18. The van der Waals surface area contributed by atoms with Crippen LogP contribution in [-0.2, 0) is 5.75 Å². The van der Waals surface area contributed by atoms with E-state index >= 15 is 0 Å². The van der Waals surface area contributed by atoms with Gasteiger partial charge in [0.05, 0.1) is 0 Å². The molecule has 0 unspecified atom stereocenters. The standard InChI is InChI=1S/C15H14N4S/c1-12-16-9-10-19(12)14-7-8-15(18-17-14)20-11-13-5-3-2-4-6-13/h2-10H,11H2,1H3. The predicted octanol–water partition coefficient (Wildman–Crippen LogP) is 3.26. The van der Waals surface area contributed by atoms with Gasteiger partial charge in [-0.25, -0.2) is 4.98 Å². The molecule has 0 aliphatic carbocycles. The molecule has 0 radical (unpaired) electrons. The van der Waals surface area contributed by atoms with Crippen molar-refractivity contribution in [3.63, 3.8) is 0 Å². The van der Waals surface area contributed by atoms with Gasteiger partial charge < -0.3 is 0 Å². The highest BCUT2D eigenvalue weighted by molar-refractivity contribution is 7.98. The fourth-order valence-corrected chi connectivity index (χ4v) is 2.64. The molecule has 3 rings (SSSR count). The number of rotatable bonds is 4. The molecule has 0 spiro atoms. The summed E-state index contributed by atoms with van der Waals surface area (Å²) in [5, 5.41) is 9.43. The Morgan fingerprint density at radius 3 is 2.55 bits per heavy atom. The molecule has 20 heavy (non-hydrogen) atoms. The van der Waals surface area contributed by atoms with Crippen LogP contribution in [0.15, 0.2) is 59.9 Å². The Bertz CT molecular complexity index is 677. The lowest BCUT2D eigenvalue weighted by Gasteiger charge is -2.04. The molecule has 0 bridgehead atoms. The van der Waals surface area contributed by atoms with E-state index in [-0.39, 0.29) is 0 Å². The van der Waals surface area contributed by atoms with Crippen molar-refractivity contribution < 1.29 is 0 Å². The number of aryl methyl sites for hydroxylation is 1. The molecule has 4 nitrogen and oxygen atoms in total. The highest BCUT2D eigenvalue weighted by Gasteiger charge is 2.03. The lowest BCUT2D eigenvalue weighted by Crippen LogP contribution is -2.00. The minimum atomic E-state index is 0.795. The van der Waals surface area contributed by atoms with Gasteiger partial charge in [-0.2, -0.15) is 0 Å². The Morgan fingerprint density at radius 2 is 1.90 bits per heavy atom. The van der Waals surface area contributed by atoms with Crippen LogP contribution < -0.4 is 0 Å². The second-order valence-corrected chi connectivity index (χ2v) is 5.34. The second kappa shape index (κ2) is 5.88. The van der Waals surface area contributed by atoms with Crippen molar-refractivity contribution in [1.82, 2.24) is 19.7 Å². The van der Waals surface area contributed by atoms with Gasteiger partial charge in [0.1, 0.15) is 10.9 Å². The molecule has 0 amide bonds. The quantitative estimate of drug-likeness (QED) is 0.689. The van der Waals surface area contributed by atoms with Gasteiger partial charge in [-0.05, 0) is 24.6 Å². The molecule has 2 aromatic heterocycles. The molecular formula is C15H14N4S. The van der Waals surface area contributed by atoms with Crippen molar-refractivity contribution in [2.75, 3.05) is 0 Å². The maximum atomic E-state index is 4.26. The summed E-state index contributed by atoms with van der Waals surface area (Å²) in [6.07, 6.45) is 3.64. The highest BCUT2D eigenvalue weighted by Crippen LogP contribution is 2.20. The van der Waals surface area contributed by atoms with Gasteiger partial charge in [-0.3, -0.25) is 4.57 Å². The maximum Gasteiger partial charge on any atom is 0.160 e. The Labute approximate surface area is 121 Å². The number of thioether (sulfide) groups is 1. The molecule has 0 saturated heterocycles. The van der Waals surface area contributed by atoms with Crippen LogP contribution in [0.2, 0.25) is 0 Å². The van der Waals surface area contributed by atoms with Crippen molar-refractivity contribution in [3.05, 3.63) is 66.2 Å². The SMILES string of the molecule is Cc1nccn1-c1ccc(SCc2ccccc2)nn1. The lowest BCUT2D eigenvalue weighted by molar-refractivity contribution is 0.841. The average molecular weight is 282 g/mol. The van der Waals surface area contributed by atoms with Crippen LogP contribution in [-0.4, -0.2) is 19.7 Å². The predicted molar refractivity (Wildman–Crippen MR) is 79.9 cm³/mol. The third-order valence-corrected chi connectivity index (χ3v) is 3.92. The molecule has 0 fully saturated rings. The maximum absolute atomic E-state index is 4.26. The molecule has 3 aromatic rings. The zero-order chi connectivity index (χ0) is 13.8. The van der Waals surface area contributed by atoms with Gasteiger partial charge in [0, 0.05) is 18.1 Å². The molecule has 0 N–H and O–H groups in total. The van der Waals surface area contributed by atoms with Crippen molar-refractivity contribution in [1.29, 1.82) is 0 Å². The van der Waals surface area contributed by atoms with E-state index in [1.807, 2.05) is 48.0 Å². The summed E-state index contributed by atoms with van der Waals surface area (Å²) in [7, 11) is 0. The van der Waals surface area contributed by atoms with Crippen LogP contribution in [0.3, 0.4) is 0 Å². The molecule has 0 aliphatic heterocycles. The van der Waals surface area contributed by atoms with Crippen LogP contribution in [0.5, 0.6) is 0 Å². The Hall–Kier alpha value is -2.14. The fraction of sp³-hybridized carbons (Fsp3) is 0.133. The first-order chi connectivity index (χ1) is 9.83. The summed E-state index contributed by atoms with van der Waals surface area (Å²) in [5.74, 6) is 2.60. The number of hydrogen-bond acceptors (Lipinski definition) is 4. The summed E-state index contributed by atoms with van der Waals surface area (Å²) in [5.41, 5.74) is 1.29. The van der Waals surface area contributed by atoms with Crippen LogP contribution in [0.25, 0.3) is 5.82 Å². The van der Waals surface area contributed by atoms with Crippen LogP contribution in [0.4, 0.5) is 0 Å². The van der Waals surface area contributed by atoms with Crippen molar-refractivity contribution in [2.24, 2.45) is 0 Å². The van der Waals surface area contributed by atoms with Gasteiger partial charge in [0.2, 0.25) is 0 Å². The average Bonchev–Trinajstić information content (AvgIpc) is 2.93. The van der Waals surface area contributed by atoms with E-state index in [2.05, 4.69) is 27.3 Å². The molecule has 0 aliphatic rings. The van der Waals surface area contributed by atoms with Gasteiger partial charge in [-0.1, -0.05) is 42.1 Å². The molecule has 1 aromatic carbocycles. The number of aromatic nitrogens is 4. The summed E-state index contributed by atoms with van der Waals surface area (Å²) < 4.78 is 1.92. The summed E-state index contributed by atoms with van der Waals surface area (Å²) in [6.45, 7) is 1.94. The largest absolute Gasteiger partial charge is 0.287 e. The number of nitrogens with zero attached hydrogens (tertiary/aromatic N) is 4. The van der Waals surface area contributed by atoms with Crippen molar-refractivity contribution >= 4 is 11.8 Å². The Morgan fingerprint density at radius 1 is 1.05 bits per heavy atom. The molecule has 0 saturated carbocycles.